The Balaban J connectivity index is 1.63. The zero-order valence-electron chi connectivity index (χ0n) is 14.8. The van der Waals surface area contributed by atoms with Crippen LogP contribution in [0.4, 0.5) is 4.79 Å². The number of methoxy groups -OCH3 is 2. The van der Waals surface area contributed by atoms with Crippen molar-refractivity contribution in [3.63, 3.8) is 0 Å². The third-order valence-corrected chi connectivity index (χ3v) is 5.42. The van der Waals surface area contributed by atoms with Crippen LogP contribution < -0.4 is 9.47 Å². The van der Waals surface area contributed by atoms with Crippen molar-refractivity contribution >= 4 is 22.9 Å². The molecule has 2 aromatic rings. The lowest BCUT2D eigenvalue weighted by Gasteiger charge is -2.15. The second-order valence-electron chi connectivity index (χ2n) is 5.99. The summed E-state index contributed by atoms with van der Waals surface area (Å²) in [7, 11) is 3.17. The summed E-state index contributed by atoms with van der Waals surface area (Å²) >= 11 is 1.12. The van der Waals surface area contributed by atoms with E-state index in [9.17, 15) is 9.59 Å². The van der Waals surface area contributed by atoms with Gasteiger partial charge in [-0.3, -0.25) is 14.5 Å². The molecule has 0 N–H and O–H groups in total. The zero-order chi connectivity index (χ0) is 18.5. The molecule has 1 aliphatic heterocycles. The minimum Gasteiger partial charge on any atom is -0.493 e. The molecule has 0 aliphatic carbocycles. The van der Waals surface area contributed by atoms with E-state index in [2.05, 4.69) is 0 Å². The largest absolute Gasteiger partial charge is 0.493 e. The number of carbonyl (C=O) groups is 2. The molecule has 2 aromatic carbocycles. The van der Waals surface area contributed by atoms with Crippen molar-refractivity contribution < 1.29 is 19.1 Å². The molecule has 1 aliphatic rings. The van der Waals surface area contributed by atoms with Crippen LogP contribution in [0.1, 0.15) is 11.1 Å². The van der Waals surface area contributed by atoms with Crippen LogP contribution in [0.5, 0.6) is 11.5 Å². The van der Waals surface area contributed by atoms with Gasteiger partial charge in [-0.25, -0.2) is 0 Å². The zero-order valence-corrected chi connectivity index (χ0v) is 15.6. The number of hydrogen-bond acceptors (Lipinski definition) is 5. The Morgan fingerprint density at radius 2 is 1.69 bits per heavy atom. The van der Waals surface area contributed by atoms with Crippen molar-refractivity contribution in [3.8, 4) is 11.5 Å². The number of hydrogen-bond donors (Lipinski definition) is 0. The number of amides is 2. The average Bonchev–Trinajstić information content (AvgIpc) is 2.93. The molecule has 0 saturated carbocycles. The van der Waals surface area contributed by atoms with Crippen molar-refractivity contribution in [2.75, 3.05) is 20.8 Å². The fourth-order valence-electron chi connectivity index (χ4n) is 2.94. The Morgan fingerprint density at radius 3 is 2.38 bits per heavy atom. The highest BCUT2D eigenvalue weighted by atomic mass is 32.2. The highest BCUT2D eigenvalue weighted by molar-refractivity contribution is 8.15. The minimum atomic E-state index is -0.338. The third-order valence-electron chi connectivity index (χ3n) is 4.34. The van der Waals surface area contributed by atoms with Gasteiger partial charge in [-0.1, -0.05) is 48.2 Å². The molecule has 1 fully saturated rings. The van der Waals surface area contributed by atoms with Crippen LogP contribution in [0.2, 0.25) is 0 Å². The summed E-state index contributed by atoms with van der Waals surface area (Å²) in [6.07, 6.45) is 1.15. The van der Waals surface area contributed by atoms with Crippen molar-refractivity contribution in [2.45, 2.75) is 18.1 Å². The molecule has 0 radical (unpaired) electrons. The van der Waals surface area contributed by atoms with E-state index in [1.54, 1.807) is 14.2 Å². The summed E-state index contributed by atoms with van der Waals surface area (Å²) in [5.74, 6) is 1.19. The fourth-order valence-corrected chi connectivity index (χ4v) is 3.99. The maximum atomic E-state index is 12.6. The normalized spacial score (nSPS) is 16.8. The van der Waals surface area contributed by atoms with Gasteiger partial charge in [0, 0.05) is 6.54 Å². The van der Waals surface area contributed by atoms with Gasteiger partial charge < -0.3 is 9.47 Å². The van der Waals surface area contributed by atoms with Gasteiger partial charge in [0.25, 0.3) is 5.24 Å². The fraction of sp³-hybridized carbons (Fsp3) is 0.300. The number of carbonyl (C=O) groups excluding carboxylic acids is 2. The number of nitrogens with zero attached hydrogens (tertiary/aromatic N) is 1. The van der Waals surface area contributed by atoms with Crippen molar-refractivity contribution in [1.82, 2.24) is 4.90 Å². The molecule has 0 bridgehead atoms. The number of imide groups is 1. The maximum absolute atomic E-state index is 12.6. The molecular formula is C20H21NO4S. The summed E-state index contributed by atoms with van der Waals surface area (Å²) in [6.45, 7) is 0.367. The van der Waals surface area contributed by atoms with E-state index in [0.717, 1.165) is 22.9 Å². The lowest BCUT2D eigenvalue weighted by atomic mass is 10.1. The van der Waals surface area contributed by atoms with E-state index in [0.29, 0.717) is 30.9 Å². The van der Waals surface area contributed by atoms with E-state index >= 15 is 0 Å². The Bertz CT molecular complexity index is 794. The Morgan fingerprint density at radius 1 is 0.962 bits per heavy atom. The van der Waals surface area contributed by atoms with Crippen LogP contribution in [0.3, 0.4) is 0 Å². The monoisotopic (exact) mass is 371 g/mol. The second-order valence-corrected chi connectivity index (χ2v) is 7.15. The molecule has 0 spiro atoms. The van der Waals surface area contributed by atoms with Gasteiger partial charge in [-0.05, 0) is 36.1 Å². The Labute approximate surface area is 157 Å². The molecule has 26 heavy (non-hydrogen) atoms. The van der Waals surface area contributed by atoms with Crippen LogP contribution in [0.25, 0.3) is 0 Å². The van der Waals surface area contributed by atoms with Crippen LogP contribution >= 0.6 is 11.8 Å². The van der Waals surface area contributed by atoms with Gasteiger partial charge in [-0.2, -0.15) is 0 Å². The van der Waals surface area contributed by atoms with E-state index in [-0.39, 0.29) is 16.4 Å². The topological polar surface area (TPSA) is 55.8 Å². The maximum Gasteiger partial charge on any atom is 0.289 e. The summed E-state index contributed by atoms with van der Waals surface area (Å²) < 4.78 is 10.5. The summed E-state index contributed by atoms with van der Waals surface area (Å²) in [6, 6.07) is 15.4. The molecule has 1 heterocycles. The van der Waals surface area contributed by atoms with E-state index in [1.165, 1.54) is 4.90 Å². The minimum absolute atomic E-state index is 0.107. The lowest BCUT2D eigenvalue weighted by Crippen LogP contribution is -2.33. The predicted octanol–water partition coefficient (Wildman–Crippen LogP) is 3.55. The van der Waals surface area contributed by atoms with E-state index in [4.69, 9.17) is 9.47 Å². The first-order valence-electron chi connectivity index (χ1n) is 8.39. The molecule has 5 nitrogen and oxygen atoms in total. The van der Waals surface area contributed by atoms with Gasteiger partial charge >= 0.3 is 0 Å². The third kappa shape index (κ3) is 4.02. The highest BCUT2D eigenvalue weighted by Crippen LogP contribution is 2.31. The predicted molar refractivity (Wildman–Crippen MR) is 102 cm³/mol. The number of thioether (sulfide) groups is 1. The van der Waals surface area contributed by atoms with Gasteiger partial charge in [0.05, 0.1) is 19.5 Å². The molecule has 3 rings (SSSR count). The summed E-state index contributed by atoms with van der Waals surface area (Å²) in [4.78, 5) is 26.2. The standard InChI is InChI=1S/C20H21NO4S/c1-24-16-9-8-15(12-17(16)25-2)10-11-21-19(22)18(26-20(21)23)13-14-6-4-3-5-7-14/h3-9,12,18H,10-11,13H2,1-2H3. The molecule has 6 heteroatoms. The average molecular weight is 371 g/mol. The first-order chi connectivity index (χ1) is 12.6. The van der Waals surface area contributed by atoms with Gasteiger partial charge in [0.1, 0.15) is 0 Å². The van der Waals surface area contributed by atoms with E-state index in [1.807, 2.05) is 48.5 Å². The highest BCUT2D eigenvalue weighted by Gasteiger charge is 2.39. The molecule has 0 aromatic heterocycles. The number of ether oxygens (including phenoxy) is 2. The van der Waals surface area contributed by atoms with Gasteiger partial charge in [0.2, 0.25) is 5.91 Å². The molecule has 1 atom stereocenters. The van der Waals surface area contributed by atoms with Crippen LogP contribution in [-0.4, -0.2) is 42.1 Å². The van der Waals surface area contributed by atoms with Crippen LogP contribution in [0, 0.1) is 0 Å². The first-order valence-corrected chi connectivity index (χ1v) is 9.27. The van der Waals surface area contributed by atoms with Gasteiger partial charge in [0.15, 0.2) is 11.5 Å². The summed E-state index contributed by atoms with van der Waals surface area (Å²) in [5, 5.41) is -0.508. The SMILES string of the molecule is COc1ccc(CCN2C(=O)SC(Cc3ccccc3)C2=O)cc1OC. The molecular weight excluding hydrogens is 350 g/mol. The Hall–Kier alpha value is -2.47. The number of rotatable bonds is 7. The quantitative estimate of drug-likeness (QED) is 0.745. The molecule has 1 saturated heterocycles. The van der Waals surface area contributed by atoms with Crippen LogP contribution in [0.15, 0.2) is 48.5 Å². The molecule has 136 valence electrons. The Kier molecular flexibility index (Phi) is 5.83. The molecule has 1 unspecified atom stereocenters. The van der Waals surface area contributed by atoms with Crippen molar-refractivity contribution in [2.24, 2.45) is 0 Å². The van der Waals surface area contributed by atoms with Crippen LogP contribution in [-0.2, 0) is 17.6 Å². The first kappa shape index (κ1) is 18.3. The lowest BCUT2D eigenvalue weighted by molar-refractivity contribution is -0.126. The van der Waals surface area contributed by atoms with Crippen molar-refractivity contribution in [3.05, 3.63) is 59.7 Å². The second kappa shape index (κ2) is 8.27. The number of benzene rings is 2. The smallest absolute Gasteiger partial charge is 0.289 e. The van der Waals surface area contributed by atoms with E-state index < -0.39 is 0 Å². The summed E-state index contributed by atoms with van der Waals surface area (Å²) in [5.41, 5.74) is 2.05. The van der Waals surface area contributed by atoms with Crippen molar-refractivity contribution in [1.29, 1.82) is 0 Å². The molecule has 2 amide bonds. The van der Waals surface area contributed by atoms with Gasteiger partial charge in [-0.15, -0.1) is 0 Å².